The van der Waals surface area contributed by atoms with E-state index in [2.05, 4.69) is 16.0 Å². The highest BCUT2D eigenvalue weighted by atomic mass is 32.2. The van der Waals surface area contributed by atoms with Crippen LogP contribution in [-0.4, -0.2) is 30.6 Å². The predicted octanol–water partition coefficient (Wildman–Crippen LogP) is 5.90. The smallest absolute Gasteiger partial charge is 0.272 e. The summed E-state index contributed by atoms with van der Waals surface area (Å²) in [6.45, 7) is 0. The van der Waals surface area contributed by atoms with Gasteiger partial charge in [0.15, 0.2) is 0 Å². The van der Waals surface area contributed by atoms with E-state index in [-0.39, 0.29) is 23.3 Å². The summed E-state index contributed by atoms with van der Waals surface area (Å²) in [5.74, 6) is -0.268. The number of nitrogens with one attached hydrogen (secondary N) is 3. The fourth-order valence-electron chi connectivity index (χ4n) is 3.41. The van der Waals surface area contributed by atoms with Gasteiger partial charge in [0, 0.05) is 16.1 Å². The molecule has 0 fully saturated rings. The fourth-order valence-corrected chi connectivity index (χ4v) is 4.78. The first-order valence-corrected chi connectivity index (χ1v) is 13.5. The minimum Gasteiger partial charge on any atom is -0.495 e. The number of benzene rings is 3. The number of thiophene rings is 1. The molecule has 0 aliphatic heterocycles. The first-order valence-electron chi connectivity index (χ1n) is 11.6. The van der Waals surface area contributed by atoms with Gasteiger partial charge in [-0.05, 0) is 70.9 Å². The van der Waals surface area contributed by atoms with Crippen LogP contribution in [0.4, 0.5) is 11.4 Å². The Morgan fingerprint density at radius 3 is 2.47 bits per heavy atom. The first kappa shape index (κ1) is 26.7. The number of carbonyl (C=O) groups is 3. The molecule has 0 unspecified atom stereocenters. The van der Waals surface area contributed by atoms with Crippen molar-refractivity contribution in [3.05, 3.63) is 113 Å². The Kier molecular flexibility index (Phi) is 9.33. The third kappa shape index (κ3) is 7.58. The number of thioether (sulfide) groups is 1. The van der Waals surface area contributed by atoms with Crippen molar-refractivity contribution in [1.82, 2.24) is 5.32 Å². The van der Waals surface area contributed by atoms with Crippen LogP contribution < -0.4 is 20.7 Å². The molecule has 0 radical (unpaired) electrons. The van der Waals surface area contributed by atoms with Crippen molar-refractivity contribution in [3.63, 3.8) is 0 Å². The minimum absolute atomic E-state index is 0.117. The van der Waals surface area contributed by atoms with E-state index in [0.29, 0.717) is 22.7 Å². The molecule has 0 bridgehead atoms. The number of rotatable bonds is 10. The van der Waals surface area contributed by atoms with Crippen molar-refractivity contribution in [2.75, 3.05) is 23.5 Å². The molecule has 0 aliphatic carbocycles. The molecular weight excluding hydrogens is 518 g/mol. The average molecular weight is 544 g/mol. The summed E-state index contributed by atoms with van der Waals surface area (Å²) in [5.41, 5.74) is 2.51. The number of carbonyl (C=O) groups excluding carboxylic acids is 3. The zero-order chi connectivity index (χ0) is 26.7. The molecule has 0 atom stereocenters. The Balaban J connectivity index is 1.41. The maximum Gasteiger partial charge on any atom is 0.272 e. The van der Waals surface area contributed by atoms with E-state index < -0.39 is 5.91 Å². The number of methoxy groups -OCH3 is 1. The lowest BCUT2D eigenvalue weighted by Gasteiger charge is -2.12. The standard InChI is InChI=1S/C29H25N3O4S2/c1-36-26-13-6-5-12-24(26)31-27(33)19-38-23-11-7-10-22(17-23)30-29(35)25(16-20-14-15-37-18-20)32-28(34)21-8-3-2-4-9-21/h2-18H,19H2,1H3,(H,30,35)(H,31,33)(H,32,34)/b25-16-. The Hall–Kier alpha value is -4.34. The largest absolute Gasteiger partial charge is 0.495 e. The highest BCUT2D eigenvalue weighted by molar-refractivity contribution is 8.00. The van der Waals surface area contributed by atoms with E-state index >= 15 is 0 Å². The molecule has 0 saturated carbocycles. The second-order valence-electron chi connectivity index (χ2n) is 7.95. The van der Waals surface area contributed by atoms with Crippen LogP contribution in [0.15, 0.2) is 106 Å². The van der Waals surface area contributed by atoms with Crippen LogP contribution in [0.2, 0.25) is 0 Å². The molecule has 9 heteroatoms. The third-order valence-corrected chi connectivity index (χ3v) is 6.92. The van der Waals surface area contributed by atoms with Crippen molar-refractivity contribution in [3.8, 4) is 5.75 Å². The van der Waals surface area contributed by atoms with Gasteiger partial charge in [0.2, 0.25) is 5.91 Å². The molecule has 3 aromatic carbocycles. The van der Waals surface area contributed by atoms with E-state index in [0.717, 1.165) is 10.5 Å². The van der Waals surface area contributed by atoms with Crippen LogP contribution in [0, 0.1) is 0 Å². The number of hydrogen-bond donors (Lipinski definition) is 3. The van der Waals surface area contributed by atoms with Crippen LogP contribution in [0.1, 0.15) is 15.9 Å². The van der Waals surface area contributed by atoms with Crippen LogP contribution in [0.3, 0.4) is 0 Å². The normalized spacial score (nSPS) is 10.9. The van der Waals surface area contributed by atoms with Crippen LogP contribution in [0.5, 0.6) is 5.75 Å². The molecule has 0 saturated heterocycles. The Bertz CT molecular complexity index is 1440. The maximum atomic E-state index is 13.2. The van der Waals surface area contributed by atoms with E-state index in [9.17, 15) is 14.4 Å². The van der Waals surface area contributed by atoms with Crippen LogP contribution in [-0.2, 0) is 9.59 Å². The van der Waals surface area contributed by atoms with E-state index in [4.69, 9.17) is 4.74 Å². The van der Waals surface area contributed by atoms with Gasteiger partial charge in [0.1, 0.15) is 11.4 Å². The number of para-hydroxylation sites is 2. The second-order valence-corrected chi connectivity index (χ2v) is 9.78. The van der Waals surface area contributed by atoms with E-state index in [1.807, 2.05) is 41.1 Å². The SMILES string of the molecule is COc1ccccc1NC(=O)CSc1cccc(NC(=O)/C(=C/c2ccsc2)NC(=O)c2ccccc2)c1. The molecule has 4 aromatic rings. The van der Waals surface area contributed by atoms with Gasteiger partial charge >= 0.3 is 0 Å². The van der Waals surface area contributed by atoms with Crippen molar-refractivity contribution >= 4 is 58.3 Å². The molecule has 0 spiro atoms. The topological polar surface area (TPSA) is 96.5 Å². The van der Waals surface area contributed by atoms with Crippen molar-refractivity contribution < 1.29 is 19.1 Å². The molecule has 1 aromatic heterocycles. The second kappa shape index (κ2) is 13.3. The van der Waals surface area contributed by atoms with Gasteiger partial charge in [-0.1, -0.05) is 36.4 Å². The first-order chi connectivity index (χ1) is 18.5. The molecular formula is C29H25N3O4S2. The third-order valence-electron chi connectivity index (χ3n) is 5.23. The van der Waals surface area contributed by atoms with E-state index in [1.54, 1.807) is 67.8 Å². The zero-order valence-corrected chi connectivity index (χ0v) is 22.1. The molecule has 38 heavy (non-hydrogen) atoms. The van der Waals surface area contributed by atoms with Gasteiger partial charge in [-0.3, -0.25) is 14.4 Å². The lowest BCUT2D eigenvalue weighted by atomic mass is 10.2. The lowest BCUT2D eigenvalue weighted by Crippen LogP contribution is -2.30. The van der Waals surface area contributed by atoms with Gasteiger partial charge in [0.05, 0.1) is 18.6 Å². The van der Waals surface area contributed by atoms with Gasteiger partial charge in [-0.25, -0.2) is 0 Å². The summed E-state index contributed by atoms with van der Waals surface area (Å²) >= 11 is 2.83. The molecule has 3 N–H and O–H groups in total. The molecule has 4 rings (SSSR count). The molecule has 0 aliphatic rings. The number of anilines is 2. The maximum absolute atomic E-state index is 13.2. The monoisotopic (exact) mass is 543 g/mol. The highest BCUT2D eigenvalue weighted by Crippen LogP contribution is 2.25. The minimum atomic E-state index is -0.462. The molecule has 3 amide bonds. The van der Waals surface area contributed by atoms with Gasteiger partial charge < -0.3 is 20.7 Å². The lowest BCUT2D eigenvalue weighted by molar-refractivity contribution is -0.114. The summed E-state index contributed by atoms with van der Waals surface area (Å²) in [6.07, 6.45) is 1.63. The number of ether oxygens (including phenoxy) is 1. The van der Waals surface area contributed by atoms with Crippen LogP contribution in [0.25, 0.3) is 6.08 Å². The molecule has 7 nitrogen and oxygen atoms in total. The number of amides is 3. The van der Waals surface area contributed by atoms with Gasteiger partial charge in [0.25, 0.3) is 11.8 Å². The van der Waals surface area contributed by atoms with Gasteiger partial charge in [-0.15, -0.1) is 11.8 Å². The summed E-state index contributed by atoms with van der Waals surface area (Å²) in [7, 11) is 1.55. The predicted molar refractivity (Wildman–Crippen MR) is 154 cm³/mol. The van der Waals surface area contributed by atoms with Crippen molar-refractivity contribution in [1.29, 1.82) is 0 Å². The highest BCUT2D eigenvalue weighted by Gasteiger charge is 2.16. The summed E-state index contributed by atoms with van der Waals surface area (Å²) in [5, 5.41) is 12.2. The molecule has 192 valence electrons. The Morgan fingerprint density at radius 1 is 0.921 bits per heavy atom. The van der Waals surface area contributed by atoms with E-state index in [1.165, 1.54) is 23.1 Å². The summed E-state index contributed by atoms with van der Waals surface area (Å²) < 4.78 is 5.27. The van der Waals surface area contributed by atoms with Gasteiger partial charge in [-0.2, -0.15) is 11.3 Å². The average Bonchev–Trinajstić information content (AvgIpc) is 3.46. The molecule has 1 heterocycles. The van der Waals surface area contributed by atoms with Crippen molar-refractivity contribution in [2.45, 2.75) is 4.90 Å². The van der Waals surface area contributed by atoms with Crippen molar-refractivity contribution in [2.24, 2.45) is 0 Å². The summed E-state index contributed by atoms with van der Waals surface area (Å²) in [4.78, 5) is 39.2. The zero-order valence-electron chi connectivity index (χ0n) is 20.5. The Morgan fingerprint density at radius 2 is 1.71 bits per heavy atom. The Labute approximate surface area is 228 Å². The van der Waals surface area contributed by atoms with Crippen LogP contribution >= 0.6 is 23.1 Å². The quantitative estimate of drug-likeness (QED) is 0.171. The summed E-state index contributed by atoms with van der Waals surface area (Å²) in [6, 6.07) is 24.9. The fraction of sp³-hybridized carbons (Fsp3) is 0.0690. The number of hydrogen-bond acceptors (Lipinski definition) is 6.